The molecule has 0 fully saturated rings. The Hall–Kier alpha value is -0.0538. The highest BCUT2D eigenvalue weighted by molar-refractivity contribution is 5.75. The Kier molecular flexibility index (Phi) is 9.42. The van der Waals surface area contributed by atoms with E-state index in [-0.39, 0.29) is 28.5 Å². The van der Waals surface area contributed by atoms with E-state index in [2.05, 4.69) is 6.07 Å². The van der Waals surface area contributed by atoms with Gasteiger partial charge in [-0.3, -0.25) is 0 Å². The SMILES string of the molecule is O.[MgH2].[c]1ccccc1. The Balaban J connectivity index is 0. The highest BCUT2D eigenvalue weighted by Gasteiger charge is 1.58. The molecule has 1 radical (unpaired) electrons. The molecule has 1 rings (SSSR count). The van der Waals surface area contributed by atoms with Crippen LogP contribution in [-0.4, -0.2) is 28.5 Å². The molecule has 0 heterocycles. The molecule has 0 saturated heterocycles. The smallest absolute Gasteiger partial charge is 0.316 e. The van der Waals surface area contributed by atoms with Gasteiger partial charge in [0.1, 0.15) is 0 Å². The first-order valence-corrected chi connectivity index (χ1v) is 1.91. The normalized spacial score (nSPS) is 6.00. The summed E-state index contributed by atoms with van der Waals surface area (Å²) >= 11 is 0. The van der Waals surface area contributed by atoms with Gasteiger partial charge in [-0.15, -0.1) is 0 Å². The molecular formula is C6H9MgO. The Labute approximate surface area is 65.2 Å². The summed E-state index contributed by atoms with van der Waals surface area (Å²) in [7, 11) is 0. The van der Waals surface area contributed by atoms with Crippen LogP contribution in [0.4, 0.5) is 0 Å². The van der Waals surface area contributed by atoms with Gasteiger partial charge in [-0.25, -0.2) is 0 Å². The van der Waals surface area contributed by atoms with Crippen molar-refractivity contribution in [2.24, 2.45) is 0 Å². The number of benzene rings is 1. The predicted octanol–water partition coefficient (Wildman–Crippen LogP) is -0.254. The van der Waals surface area contributed by atoms with Crippen molar-refractivity contribution in [1.82, 2.24) is 0 Å². The fourth-order valence-electron chi connectivity index (χ4n) is 0.342. The summed E-state index contributed by atoms with van der Waals surface area (Å²) in [6.07, 6.45) is 0. The molecule has 0 aliphatic heterocycles. The van der Waals surface area contributed by atoms with Gasteiger partial charge in [-0.2, -0.15) is 0 Å². The molecule has 2 heteroatoms. The van der Waals surface area contributed by atoms with Crippen molar-refractivity contribution in [3.05, 3.63) is 36.4 Å². The Morgan fingerprint density at radius 1 is 0.875 bits per heavy atom. The second-order valence-electron chi connectivity index (χ2n) is 1.08. The number of rotatable bonds is 0. The molecule has 0 amide bonds. The van der Waals surface area contributed by atoms with Crippen LogP contribution in [0.25, 0.3) is 0 Å². The maximum Gasteiger partial charge on any atom is 0.316 e. The minimum absolute atomic E-state index is 0. The molecule has 0 aromatic heterocycles. The zero-order valence-electron chi connectivity index (χ0n) is 3.89. The molecule has 0 aliphatic rings. The van der Waals surface area contributed by atoms with Gasteiger partial charge in [0.05, 0.1) is 0 Å². The highest BCUT2D eigenvalue weighted by Crippen LogP contribution is 1.78. The van der Waals surface area contributed by atoms with E-state index >= 15 is 0 Å². The van der Waals surface area contributed by atoms with Crippen LogP contribution in [0.3, 0.4) is 0 Å². The third-order valence-corrected chi connectivity index (χ3v) is 0.607. The summed E-state index contributed by atoms with van der Waals surface area (Å²) in [5.41, 5.74) is 0. The zero-order valence-corrected chi connectivity index (χ0v) is 3.89. The molecule has 0 aliphatic carbocycles. The van der Waals surface area contributed by atoms with Crippen LogP contribution in [0.5, 0.6) is 0 Å². The maximum absolute atomic E-state index is 2.89. The molecule has 2 N–H and O–H groups in total. The molecule has 1 aromatic carbocycles. The first-order chi connectivity index (χ1) is 3.00. The molecular weight excluding hydrogens is 112 g/mol. The molecule has 0 saturated carbocycles. The third-order valence-electron chi connectivity index (χ3n) is 0.607. The van der Waals surface area contributed by atoms with Crippen LogP contribution in [0.2, 0.25) is 0 Å². The van der Waals surface area contributed by atoms with Crippen LogP contribution >= 0.6 is 0 Å². The molecule has 1 aromatic rings. The first kappa shape index (κ1) is 10.8. The maximum atomic E-state index is 2.89. The van der Waals surface area contributed by atoms with Crippen molar-refractivity contribution >= 4 is 23.1 Å². The Bertz CT molecular complexity index is 80.5. The molecule has 0 atom stereocenters. The van der Waals surface area contributed by atoms with E-state index in [9.17, 15) is 0 Å². The van der Waals surface area contributed by atoms with Crippen LogP contribution in [0.1, 0.15) is 0 Å². The van der Waals surface area contributed by atoms with E-state index in [1.54, 1.807) is 0 Å². The summed E-state index contributed by atoms with van der Waals surface area (Å²) in [6.45, 7) is 0. The van der Waals surface area contributed by atoms with E-state index < -0.39 is 0 Å². The van der Waals surface area contributed by atoms with E-state index in [0.29, 0.717) is 0 Å². The van der Waals surface area contributed by atoms with Gasteiger partial charge in [-0.05, 0) is 6.07 Å². The second kappa shape index (κ2) is 6.95. The van der Waals surface area contributed by atoms with Crippen LogP contribution < -0.4 is 0 Å². The van der Waals surface area contributed by atoms with E-state index in [1.165, 1.54) is 0 Å². The van der Waals surface area contributed by atoms with Gasteiger partial charge < -0.3 is 5.48 Å². The van der Waals surface area contributed by atoms with Gasteiger partial charge in [0.2, 0.25) is 0 Å². The lowest BCUT2D eigenvalue weighted by molar-refractivity contribution is 0.824. The summed E-state index contributed by atoms with van der Waals surface area (Å²) in [5.74, 6) is 0. The molecule has 8 heavy (non-hydrogen) atoms. The van der Waals surface area contributed by atoms with Gasteiger partial charge in [-0.1, -0.05) is 30.3 Å². The Morgan fingerprint density at radius 2 is 1.38 bits per heavy atom. The largest absolute Gasteiger partial charge is 0.412 e. The quantitative estimate of drug-likeness (QED) is 0.424. The van der Waals surface area contributed by atoms with Crippen LogP contribution in [-0.2, 0) is 0 Å². The van der Waals surface area contributed by atoms with Gasteiger partial charge in [0, 0.05) is 0 Å². The lowest BCUT2D eigenvalue weighted by atomic mass is 10.4. The third kappa shape index (κ3) is 4.11. The summed E-state index contributed by atoms with van der Waals surface area (Å²) in [6, 6.07) is 12.5. The molecule has 41 valence electrons. The summed E-state index contributed by atoms with van der Waals surface area (Å²) in [5, 5.41) is 0. The van der Waals surface area contributed by atoms with Crippen molar-refractivity contribution < 1.29 is 5.48 Å². The molecule has 0 spiro atoms. The van der Waals surface area contributed by atoms with Crippen molar-refractivity contribution in [1.29, 1.82) is 0 Å². The van der Waals surface area contributed by atoms with Crippen molar-refractivity contribution in [2.45, 2.75) is 0 Å². The average molecular weight is 121 g/mol. The fraction of sp³-hybridized carbons (Fsp3) is 0. The minimum atomic E-state index is 0. The first-order valence-electron chi connectivity index (χ1n) is 1.91. The lowest BCUT2D eigenvalue weighted by Gasteiger charge is -1.68. The van der Waals surface area contributed by atoms with Gasteiger partial charge >= 0.3 is 23.1 Å². The summed E-state index contributed by atoms with van der Waals surface area (Å²) in [4.78, 5) is 0. The van der Waals surface area contributed by atoms with E-state index in [4.69, 9.17) is 0 Å². The fourth-order valence-corrected chi connectivity index (χ4v) is 0.342. The average Bonchev–Trinajstić information content (AvgIpc) is 1.72. The highest BCUT2D eigenvalue weighted by atomic mass is 24.3. The lowest BCUT2D eigenvalue weighted by Crippen LogP contribution is -1.49. The standard InChI is InChI=1S/C6H5.Mg.H2O.2H/c1-2-4-6-5-3-1;;;;/h1-5H;;1H2;;. The van der Waals surface area contributed by atoms with Crippen molar-refractivity contribution in [3.63, 3.8) is 0 Å². The van der Waals surface area contributed by atoms with Crippen LogP contribution in [0.15, 0.2) is 30.3 Å². The van der Waals surface area contributed by atoms with E-state index in [1.807, 2.05) is 30.3 Å². The second-order valence-corrected chi connectivity index (χ2v) is 1.08. The minimum Gasteiger partial charge on any atom is -0.412 e. The van der Waals surface area contributed by atoms with Gasteiger partial charge in [0.25, 0.3) is 0 Å². The topological polar surface area (TPSA) is 31.5 Å². The van der Waals surface area contributed by atoms with Crippen LogP contribution in [0, 0.1) is 6.07 Å². The monoisotopic (exact) mass is 121 g/mol. The molecule has 0 bridgehead atoms. The zero-order chi connectivity index (χ0) is 4.24. The van der Waals surface area contributed by atoms with Crippen molar-refractivity contribution in [2.75, 3.05) is 0 Å². The number of hydrogen-bond acceptors (Lipinski definition) is 0. The van der Waals surface area contributed by atoms with E-state index in [0.717, 1.165) is 0 Å². The van der Waals surface area contributed by atoms with Crippen molar-refractivity contribution in [3.8, 4) is 0 Å². The van der Waals surface area contributed by atoms with Gasteiger partial charge in [0.15, 0.2) is 0 Å². The number of hydrogen-bond donors (Lipinski definition) is 0. The predicted molar refractivity (Wildman–Crippen MR) is 37.4 cm³/mol. The summed E-state index contributed by atoms with van der Waals surface area (Å²) < 4.78 is 0. The molecule has 1 nitrogen and oxygen atoms in total. The molecule has 0 unspecified atom stereocenters. The Morgan fingerprint density at radius 3 is 1.50 bits per heavy atom.